The van der Waals surface area contributed by atoms with Gasteiger partial charge in [0, 0.05) is 30.6 Å². The van der Waals surface area contributed by atoms with Crippen LogP contribution in [0, 0.1) is 5.92 Å². The van der Waals surface area contributed by atoms with Gasteiger partial charge in [0.2, 0.25) is 5.91 Å². The Kier molecular flexibility index (Phi) is 5.11. The standard InChI is InChI=1S/C20H25N3O3/c1-20(2,3)26-19(25)23-12-9-14(10-13-23)18(24)22-17-8-4-7-16-15(17)6-5-11-21-16/h4-8,11,14H,9-10,12-13H2,1-3H3,(H,22,24). The summed E-state index contributed by atoms with van der Waals surface area (Å²) in [5.74, 6) is -0.120. The predicted molar refractivity (Wildman–Crippen MR) is 101 cm³/mol. The third kappa shape index (κ3) is 4.31. The number of hydrogen-bond donors (Lipinski definition) is 1. The Morgan fingerprint density at radius 1 is 1.15 bits per heavy atom. The van der Waals surface area contributed by atoms with Crippen molar-refractivity contribution in [2.24, 2.45) is 5.92 Å². The van der Waals surface area contributed by atoms with Crippen LogP contribution in [-0.2, 0) is 9.53 Å². The van der Waals surface area contributed by atoms with Gasteiger partial charge in [-0.15, -0.1) is 0 Å². The summed E-state index contributed by atoms with van der Waals surface area (Å²) in [5, 5.41) is 3.95. The molecule has 0 atom stereocenters. The number of amides is 2. The van der Waals surface area contributed by atoms with Crippen molar-refractivity contribution >= 4 is 28.6 Å². The number of carbonyl (C=O) groups excluding carboxylic acids is 2. The number of aromatic nitrogens is 1. The van der Waals surface area contributed by atoms with E-state index in [1.807, 2.05) is 51.1 Å². The molecule has 0 unspecified atom stereocenters. The number of rotatable bonds is 2. The molecule has 1 aliphatic rings. The molecule has 0 spiro atoms. The van der Waals surface area contributed by atoms with Crippen LogP contribution in [0.2, 0.25) is 0 Å². The van der Waals surface area contributed by atoms with Gasteiger partial charge >= 0.3 is 6.09 Å². The van der Waals surface area contributed by atoms with Crippen molar-refractivity contribution in [1.82, 2.24) is 9.88 Å². The fourth-order valence-electron chi connectivity index (χ4n) is 3.10. The number of hydrogen-bond acceptors (Lipinski definition) is 4. The van der Waals surface area contributed by atoms with Crippen LogP contribution in [0.15, 0.2) is 36.5 Å². The summed E-state index contributed by atoms with van der Waals surface area (Å²) in [6, 6.07) is 9.50. The van der Waals surface area contributed by atoms with Crippen molar-refractivity contribution in [3.05, 3.63) is 36.5 Å². The lowest BCUT2D eigenvalue weighted by atomic mass is 9.96. The molecule has 0 saturated carbocycles. The van der Waals surface area contributed by atoms with E-state index >= 15 is 0 Å². The van der Waals surface area contributed by atoms with Gasteiger partial charge in [-0.05, 0) is 57.9 Å². The molecule has 6 nitrogen and oxygen atoms in total. The average Bonchev–Trinajstić information content (AvgIpc) is 2.61. The first-order chi connectivity index (χ1) is 12.3. The molecule has 0 aliphatic carbocycles. The minimum Gasteiger partial charge on any atom is -0.444 e. The molecular formula is C20H25N3O3. The minimum atomic E-state index is -0.506. The summed E-state index contributed by atoms with van der Waals surface area (Å²) in [6.07, 6.45) is 2.69. The predicted octanol–water partition coefficient (Wildman–Crippen LogP) is 3.82. The number of nitrogens with one attached hydrogen (secondary N) is 1. The number of nitrogens with zero attached hydrogens (tertiary/aromatic N) is 2. The Morgan fingerprint density at radius 3 is 2.58 bits per heavy atom. The van der Waals surface area contributed by atoms with Gasteiger partial charge in [0.15, 0.2) is 0 Å². The monoisotopic (exact) mass is 355 g/mol. The molecule has 1 aromatic carbocycles. The zero-order valence-electron chi connectivity index (χ0n) is 15.5. The highest BCUT2D eigenvalue weighted by atomic mass is 16.6. The van der Waals surface area contributed by atoms with Gasteiger partial charge in [-0.3, -0.25) is 9.78 Å². The van der Waals surface area contributed by atoms with Crippen molar-refractivity contribution in [1.29, 1.82) is 0 Å². The molecule has 3 rings (SSSR count). The third-order valence-corrected chi connectivity index (χ3v) is 4.42. The Bertz CT molecular complexity index is 800. The van der Waals surface area contributed by atoms with E-state index in [1.165, 1.54) is 0 Å². The van der Waals surface area contributed by atoms with Crippen LogP contribution in [0.1, 0.15) is 33.6 Å². The number of ether oxygens (including phenoxy) is 1. The molecule has 2 amide bonds. The van der Waals surface area contributed by atoms with Crippen LogP contribution in [0.25, 0.3) is 10.9 Å². The van der Waals surface area contributed by atoms with Crippen molar-refractivity contribution in [2.45, 2.75) is 39.2 Å². The lowest BCUT2D eigenvalue weighted by molar-refractivity contribution is -0.121. The first-order valence-electron chi connectivity index (χ1n) is 8.96. The highest BCUT2D eigenvalue weighted by molar-refractivity contribution is 6.01. The summed E-state index contributed by atoms with van der Waals surface area (Å²) in [4.78, 5) is 30.8. The Labute approximate surface area is 153 Å². The second-order valence-electron chi connectivity index (χ2n) is 7.61. The average molecular weight is 355 g/mol. The van der Waals surface area contributed by atoms with E-state index in [2.05, 4.69) is 10.3 Å². The van der Waals surface area contributed by atoms with Crippen LogP contribution in [0.4, 0.5) is 10.5 Å². The normalized spacial score (nSPS) is 15.7. The molecule has 1 aliphatic heterocycles. The fourth-order valence-corrected chi connectivity index (χ4v) is 3.10. The zero-order chi connectivity index (χ0) is 18.7. The van der Waals surface area contributed by atoms with Crippen LogP contribution in [0.3, 0.4) is 0 Å². The van der Waals surface area contributed by atoms with Gasteiger partial charge in [0.25, 0.3) is 0 Å². The number of likely N-dealkylation sites (tertiary alicyclic amines) is 1. The molecule has 6 heteroatoms. The zero-order valence-corrected chi connectivity index (χ0v) is 15.5. The molecule has 0 radical (unpaired) electrons. The molecule has 0 bridgehead atoms. The molecule has 1 N–H and O–H groups in total. The number of anilines is 1. The molecule has 1 saturated heterocycles. The van der Waals surface area contributed by atoms with Gasteiger partial charge in [-0.2, -0.15) is 0 Å². The molecule has 1 fully saturated rings. The number of piperidine rings is 1. The molecule has 1 aromatic heterocycles. The first kappa shape index (κ1) is 18.2. The number of pyridine rings is 1. The second kappa shape index (κ2) is 7.32. The van der Waals surface area contributed by atoms with E-state index in [1.54, 1.807) is 11.1 Å². The van der Waals surface area contributed by atoms with Crippen molar-refractivity contribution < 1.29 is 14.3 Å². The van der Waals surface area contributed by atoms with Crippen LogP contribution in [-0.4, -0.2) is 40.6 Å². The second-order valence-corrected chi connectivity index (χ2v) is 7.61. The number of carbonyl (C=O) groups is 2. The van der Waals surface area contributed by atoms with Gasteiger partial charge in [0.05, 0.1) is 11.2 Å². The van der Waals surface area contributed by atoms with E-state index in [4.69, 9.17) is 4.74 Å². The smallest absolute Gasteiger partial charge is 0.410 e. The van der Waals surface area contributed by atoms with Crippen LogP contribution in [0.5, 0.6) is 0 Å². The van der Waals surface area contributed by atoms with Crippen LogP contribution >= 0.6 is 0 Å². The Morgan fingerprint density at radius 2 is 1.88 bits per heavy atom. The quantitative estimate of drug-likeness (QED) is 0.889. The maximum atomic E-state index is 12.7. The summed E-state index contributed by atoms with van der Waals surface area (Å²) >= 11 is 0. The van der Waals surface area contributed by atoms with Gasteiger partial charge < -0.3 is 15.0 Å². The maximum Gasteiger partial charge on any atom is 0.410 e. The molecule has 26 heavy (non-hydrogen) atoms. The molecular weight excluding hydrogens is 330 g/mol. The Hall–Kier alpha value is -2.63. The maximum absolute atomic E-state index is 12.7. The number of fused-ring (bicyclic) bond motifs is 1. The topological polar surface area (TPSA) is 71.5 Å². The summed E-state index contributed by atoms with van der Waals surface area (Å²) in [7, 11) is 0. The largest absolute Gasteiger partial charge is 0.444 e. The summed E-state index contributed by atoms with van der Waals surface area (Å²) in [5.41, 5.74) is 1.12. The molecule has 2 aromatic rings. The fraction of sp³-hybridized carbons (Fsp3) is 0.450. The van der Waals surface area contributed by atoms with Crippen molar-refractivity contribution in [3.63, 3.8) is 0 Å². The lowest BCUT2D eigenvalue weighted by Crippen LogP contribution is -2.43. The molecule has 2 heterocycles. The van der Waals surface area contributed by atoms with Crippen molar-refractivity contribution in [3.8, 4) is 0 Å². The van der Waals surface area contributed by atoms with E-state index < -0.39 is 5.60 Å². The SMILES string of the molecule is CC(C)(C)OC(=O)N1CCC(C(=O)Nc2cccc3ncccc23)CC1. The third-order valence-electron chi connectivity index (χ3n) is 4.42. The Balaban J connectivity index is 1.59. The molecule has 138 valence electrons. The van der Waals surface area contributed by atoms with Crippen LogP contribution < -0.4 is 5.32 Å². The lowest BCUT2D eigenvalue weighted by Gasteiger charge is -2.33. The summed E-state index contributed by atoms with van der Waals surface area (Å²) < 4.78 is 5.40. The van der Waals surface area contributed by atoms with E-state index in [0.29, 0.717) is 25.9 Å². The van der Waals surface area contributed by atoms with E-state index in [0.717, 1.165) is 16.6 Å². The van der Waals surface area contributed by atoms with E-state index in [9.17, 15) is 9.59 Å². The van der Waals surface area contributed by atoms with Gasteiger partial charge in [0.1, 0.15) is 5.60 Å². The first-order valence-corrected chi connectivity index (χ1v) is 8.96. The minimum absolute atomic E-state index is 0.00908. The van der Waals surface area contributed by atoms with Crippen molar-refractivity contribution in [2.75, 3.05) is 18.4 Å². The summed E-state index contributed by atoms with van der Waals surface area (Å²) in [6.45, 7) is 6.62. The highest BCUT2D eigenvalue weighted by Crippen LogP contribution is 2.25. The highest BCUT2D eigenvalue weighted by Gasteiger charge is 2.30. The van der Waals surface area contributed by atoms with Gasteiger partial charge in [-0.1, -0.05) is 6.07 Å². The number of benzene rings is 1. The van der Waals surface area contributed by atoms with Gasteiger partial charge in [-0.25, -0.2) is 4.79 Å². The van der Waals surface area contributed by atoms with E-state index in [-0.39, 0.29) is 17.9 Å².